The first-order chi connectivity index (χ1) is 9.74. The maximum atomic E-state index is 9.28. The van der Waals surface area contributed by atoms with Crippen molar-refractivity contribution in [1.82, 2.24) is 25.5 Å². The van der Waals surface area contributed by atoms with Crippen LogP contribution in [0.3, 0.4) is 0 Å². The van der Waals surface area contributed by atoms with Crippen LogP contribution in [-0.2, 0) is 4.74 Å². The minimum atomic E-state index is -0.0910. The lowest BCUT2D eigenvalue weighted by Gasteiger charge is -2.21. The molecule has 1 aromatic carbocycles. The second-order valence-corrected chi connectivity index (χ2v) is 4.57. The van der Waals surface area contributed by atoms with Gasteiger partial charge in [-0.25, -0.2) is 4.68 Å². The number of hydrogen-bond donors (Lipinski definition) is 2. The molecule has 2 rings (SSSR count). The molecule has 0 saturated carbocycles. The largest absolute Gasteiger partial charge is 0.395 e. The molecule has 7 heteroatoms. The quantitative estimate of drug-likeness (QED) is 0.758. The highest BCUT2D eigenvalue weighted by Gasteiger charge is 2.13. The number of nitrogens with zero attached hydrogens (tertiary/aromatic N) is 4. The van der Waals surface area contributed by atoms with Crippen molar-refractivity contribution in [3.05, 3.63) is 36.2 Å². The molecular formula is C13H19N5O2. The Balaban J connectivity index is 2.10. The number of tetrazole rings is 1. The predicted octanol–water partition coefficient (Wildman–Crippen LogP) is 0.320. The van der Waals surface area contributed by atoms with Gasteiger partial charge in [0.1, 0.15) is 6.33 Å². The van der Waals surface area contributed by atoms with Gasteiger partial charge in [0.25, 0.3) is 0 Å². The number of rotatable bonds is 7. The summed E-state index contributed by atoms with van der Waals surface area (Å²) in [6, 6.07) is 7.91. The molecule has 0 saturated heterocycles. The Kier molecular flexibility index (Phi) is 5.16. The molecule has 108 valence electrons. The second kappa shape index (κ2) is 7.09. The third-order valence-corrected chi connectivity index (χ3v) is 3.06. The number of benzene rings is 1. The van der Waals surface area contributed by atoms with Crippen molar-refractivity contribution in [2.24, 2.45) is 0 Å². The van der Waals surface area contributed by atoms with E-state index in [0.717, 1.165) is 11.3 Å². The van der Waals surface area contributed by atoms with E-state index >= 15 is 0 Å². The number of ether oxygens (including phenoxy) is 1. The summed E-state index contributed by atoms with van der Waals surface area (Å²) in [5, 5.41) is 23.7. The molecule has 1 aromatic heterocycles. The SMILES string of the molecule is COCC(CO)NC(C)c1cccc(-n2cnnn2)c1. The fourth-order valence-electron chi connectivity index (χ4n) is 2.02. The van der Waals surface area contributed by atoms with E-state index in [9.17, 15) is 5.11 Å². The van der Waals surface area contributed by atoms with Crippen LogP contribution < -0.4 is 5.32 Å². The second-order valence-electron chi connectivity index (χ2n) is 4.57. The molecule has 1 heterocycles. The van der Waals surface area contributed by atoms with Crippen molar-refractivity contribution in [2.75, 3.05) is 20.3 Å². The summed E-state index contributed by atoms with van der Waals surface area (Å²) in [6.07, 6.45) is 1.55. The van der Waals surface area contributed by atoms with Crippen LogP contribution in [0, 0.1) is 0 Å². The van der Waals surface area contributed by atoms with Crippen LogP contribution in [0.4, 0.5) is 0 Å². The average molecular weight is 277 g/mol. The predicted molar refractivity (Wildman–Crippen MR) is 73.5 cm³/mol. The van der Waals surface area contributed by atoms with E-state index < -0.39 is 0 Å². The Labute approximate surface area is 117 Å². The molecule has 0 aliphatic rings. The number of hydrogen-bond acceptors (Lipinski definition) is 6. The zero-order valence-corrected chi connectivity index (χ0v) is 11.6. The van der Waals surface area contributed by atoms with Gasteiger partial charge >= 0.3 is 0 Å². The Bertz CT molecular complexity index is 517. The minimum absolute atomic E-state index is 0.0326. The van der Waals surface area contributed by atoms with E-state index in [-0.39, 0.29) is 18.7 Å². The molecule has 20 heavy (non-hydrogen) atoms. The number of aliphatic hydroxyl groups excluding tert-OH is 1. The minimum Gasteiger partial charge on any atom is -0.395 e. The van der Waals surface area contributed by atoms with E-state index in [0.29, 0.717) is 6.61 Å². The highest BCUT2D eigenvalue weighted by atomic mass is 16.5. The van der Waals surface area contributed by atoms with Crippen molar-refractivity contribution in [2.45, 2.75) is 19.0 Å². The Hall–Kier alpha value is -1.83. The topological polar surface area (TPSA) is 85.1 Å². The van der Waals surface area contributed by atoms with Gasteiger partial charge in [0.2, 0.25) is 0 Å². The van der Waals surface area contributed by atoms with Crippen molar-refractivity contribution < 1.29 is 9.84 Å². The lowest BCUT2D eigenvalue weighted by Crippen LogP contribution is -2.38. The van der Waals surface area contributed by atoms with Crippen LogP contribution in [0.15, 0.2) is 30.6 Å². The van der Waals surface area contributed by atoms with E-state index in [4.69, 9.17) is 4.74 Å². The lowest BCUT2D eigenvalue weighted by atomic mass is 10.1. The van der Waals surface area contributed by atoms with Crippen molar-refractivity contribution in [3.63, 3.8) is 0 Å². The fraction of sp³-hybridized carbons (Fsp3) is 0.462. The zero-order chi connectivity index (χ0) is 14.4. The van der Waals surface area contributed by atoms with Gasteiger partial charge in [-0.2, -0.15) is 0 Å². The van der Waals surface area contributed by atoms with Crippen molar-refractivity contribution in [1.29, 1.82) is 0 Å². The molecule has 0 aliphatic carbocycles. The van der Waals surface area contributed by atoms with E-state index in [1.54, 1.807) is 18.1 Å². The monoisotopic (exact) mass is 277 g/mol. The summed E-state index contributed by atoms with van der Waals surface area (Å²) in [5.74, 6) is 0. The van der Waals surface area contributed by atoms with Gasteiger partial charge in [-0.3, -0.25) is 0 Å². The summed E-state index contributed by atoms with van der Waals surface area (Å²) in [6.45, 7) is 2.54. The van der Waals surface area contributed by atoms with Crippen LogP contribution in [0.5, 0.6) is 0 Å². The third kappa shape index (κ3) is 3.60. The Morgan fingerprint density at radius 2 is 2.30 bits per heavy atom. The molecule has 0 radical (unpaired) electrons. The van der Waals surface area contributed by atoms with Crippen LogP contribution in [0.25, 0.3) is 5.69 Å². The molecule has 0 amide bonds. The molecule has 2 unspecified atom stereocenters. The van der Waals surface area contributed by atoms with Crippen LogP contribution >= 0.6 is 0 Å². The normalized spacial score (nSPS) is 14.2. The van der Waals surface area contributed by atoms with E-state index in [1.165, 1.54) is 0 Å². The third-order valence-electron chi connectivity index (χ3n) is 3.06. The highest BCUT2D eigenvalue weighted by molar-refractivity contribution is 5.35. The summed E-state index contributed by atoms with van der Waals surface area (Å²) < 4.78 is 6.67. The first kappa shape index (κ1) is 14.6. The summed E-state index contributed by atoms with van der Waals surface area (Å²) in [5.41, 5.74) is 1.99. The lowest BCUT2D eigenvalue weighted by molar-refractivity contribution is 0.123. The molecule has 0 bridgehead atoms. The van der Waals surface area contributed by atoms with Crippen LogP contribution in [-0.4, -0.2) is 51.7 Å². The maximum Gasteiger partial charge on any atom is 0.143 e. The first-order valence-corrected chi connectivity index (χ1v) is 6.43. The van der Waals surface area contributed by atoms with E-state index in [2.05, 4.69) is 20.8 Å². The van der Waals surface area contributed by atoms with Crippen molar-refractivity contribution >= 4 is 0 Å². The summed E-state index contributed by atoms with van der Waals surface area (Å²) in [4.78, 5) is 0. The summed E-state index contributed by atoms with van der Waals surface area (Å²) in [7, 11) is 1.62. The standard InChI is InChI=1S/C13H19N5O2/c1-10(15-12(7-19)8-20-2)11-4-3-5-13(6-11)18-9-14-16-17-18/h3-6,9-10,12,15,19H,7-8H2,1-2H3. The molecule has 0 spiro atoms. The van der Waals surface area contributed by atoms with Gasteiger partial charge in [-0.1, -0.05) is 12.1 Å². The molecule has 0 fully saturated rings. The van der Waals surface area contributed by atoms with Gasteiger partial charge in [0, 0.05) is 13.2 Å². The molecule has 7 nitrogen and oxygen atoms in total. The maximum absolute atomic E-state index is 9.28. The average Bonchev–Trinajstić information content (AvgIpc) is 3.01. The summed E-state index contributed by atoms with van der Waals surface area (Å²) >= 11 is 0. The zero-order valence-electron chi connectivity index (χ0n) is 11.6. The fourth-order valence-corrected chi connectivity index (χ4v) is 2.02. The number of methoxy groups -OCH3 is 1. The van der Waals surface area contributed by atoms with Gasteiger partial charge in [0.15, 0.2) is 0 Å². The number of nitrogens with one attached hydrogen (secondary N) is 1. The smallest absolute Gasteiger partial charge is 0.143 e. The Morgan fingerprint density at radius 3 is 2.95 bits per heavy atom. The van der Waals surface area contributed by atoms with Crippen molar-refractivity contribution in [3.8, 4) is 5.69 Å². The number of aliphatic hydroxyl groups is 1. The van der Waals surface area contributed by atoms with Gasteiger partial charge < -0.3 is 15.2 Å². The van der Waals surface area contributed by atoms with E-state index in [1.807, 2.05) is 31.2 Å². The van der Waals surface area contributed by atoms with Crippen LogP contribution in [0.1, 0.15) is 18.5 Å². The molecular weight excluding hydrogens is 258 g/mol. The highest BCUT2D eigenvalue weighted by Crippen LogP contribution is 2.16. The van der Waals surface area contributed by atoms with Crippen LogP contribution in [0.2, 0.25) is 0 Å². The van der Waals surface area contributed by atoms with Gasteiger partial charge in [-0.15, -0.1) is 5.10 Å². The molecule has 0 aliphatic heterocycles. The first-order valence-electron chi connectivity index (χ1n) is 6.43. The van der Waals surface area contributed by atoms with Gasteiger partial charge in [-0.05, 0) is 35.0 Å². The van der Waals surface area contributed by atoms with Gasteiger partial charge in [0.05, 0.1) is 24.9 Å². The number of aromatic nitrogens is 4. The molecule has 2 atom stereocenters. The Morgan fingerprint density at radius 1 is 1.45 bits per heavy atom. The molecule has 2 aromatic rings. The molecule has 2 N–H and O–H groups in total.